The Kier molecular flexibility index (Phi) is 8.90. The first kappa shape index (κ1) is 26.1. The molecule has 1 aromatic rings. The molecule has 0 saturated heterocycles. The second kappa shape index (κ2) is 9.90. The van der Waals surface area contributed by atoms with Gasteiger partial charge in [-0.25, -0.2) is 9.78 Å². The van der Waals surface area contributed by atoms with Crippen molar-refractivity contribution in [3.05, 3.63) is 15.6 Å². The molecule has 0 aliphatic rings. The summed E-state index contributed by atoms with van der Waals surface area (Å²) in [5.74, 6) is 0.380. The zero-order valence-corrected chi connectivity index (χ0v) is 21.6. The van der Waals surface area contributed by atoms with Gasteiger partial charge in [0, 0.05) is 24.4 Å². The SMILES string of the molecule is CC(C)c1sc([C@H](O)C[C@H](C(C)C)N(C)C(=O)O)nc1CO[Si](C)(C)C(C)(C)C. The lowest BCUT2D eigenvalue weighted by Gasteiger charge is -2.36. The van der Waals surface area contributed by atoms with Crippen LogP contribution in [0, 0.1) is 5.92 Å². The van der Waals surface area contributed by atoms with Crippen molar-refractivity contribution in [3.63, 3.8) is 0 Å². The van der Waals surface area contributed by atoms with Crippen molar-refractivity contribution >= 4 is 25.7 Å². The maximum atomic E-state index is 11.4. The number of carbonyl (C=O) groups is 1. The van der Waals surface area contributed by atoms with Crippen LogP contribution in [-0.4, -0.2) is 47.6 Å². The summed E-state index contributed by atoms with van der Waals surface area (Å²) in [6.45, 7) is 19.7. The van der Waals surface area contributed by atoms with Crippen molar-refractivity contribution in [1.29, 1.82) is 0 Å². The highest BCUT2D eigenvalue weighted by Gasteiger charge is 2.37. The van der Waals surface area contributed by atoms with E-state index in [0.29, 0.717) is 18.0 Å². The molecule has 0 aliphatic carbocycles. The Morgan fingerprint density at radius 3 is 2.21 bits per heavy atom. The fraction of sp³-hybridized carbons (Fsp3) is 0.810. The van der Waals surface area contributed by atoms with Gasteiger partial charge in [-0.3, -0.25) is 0 Å². The second-order valence-corrected chi connectivity index (χ2v) is 15.9. The number of aliphatic hydroxyl groups excluding tert-OH is 1. The van der Waals surface area contributed by atoms with Gasteiger partial charge in [-0.1, -0.05) is 48.5 Å². The molecule has 1 amide bonds. The monoisotopic (exact) mass is 444 g/mol. The van der Waals surface area contributed by atoms with Crippen LogP contribution in [0.3, 0.4) is 0 Å². The molecular formula is C21H40N2O4SSi. The maximum Gasteiger partial charge on any atom is 0.407 e. The van der Waals surface area contributed by atoms with Gasteiger partial charge in [0.1, 0.15) is 11.1 Å². The van der Waals surface area contributed by atoms with E-state index in [2.05, 4.69) is 47.7 Å². The molecule has 1 rings (SSSR count). The minimum absolute atomic E-state index is 0.0941. The van der Waals surface area contributed by atoms with E-state index in [9.17, 15) is 15.0 Å². The first-order chi connectivity index (χ1) is 13.1. The third kappa shape index (κ3) is 6.77. The van der Waals surface area contributed by atoms with Crippen LogP contribution in [0.25, 0.3) is 0 Å². The lowest BCUT2D eigenvalue weighted by atomic mass is 9.97. The predicted molar refractivity (Wildman–Crippen MR) is 122 cm³/mol. The molecule has 0 saturated carbocycles. The van der Waals surface area contributed by atoms with Crippen LogP contribution in [0.15, 0.2) is 0 Å². The van der Waals surface area contributed by atoms with E-state index in [1.54, 1.807) is 7.05 Å². The van der Waals surface area contributed by atoms with E-state index in [1.165, 1.54) is 16.2 Å². The lowest BCUT2D eigenvalue weighted by molar-refractivity contribution is 0.0840. The van der Waals surface area contributed by atoms with Gasteiger partial charge in [0.25, 0.3) is 0 Å². The maximum absolute atomic E-state index is 11.4. The molecular weight excluding hydrogens is 404 g/mol. The van der Waals surface area contributed by atoms with E-state index in [0.717, 1.165) is 10.6 Å². The van der Waals surface area contributed by atoms with Crippen LogP contribution < -0.4 is 0 Å². The molecule has 8 heteroatoms. The first-order valence-electron chi connectivity index (χ1n) is 10.4. The zero-order chi connectivity index (χ0) is 22.7. The molecule has 0 unspecified atom stereocenters. The van der Waals surface area contributed by atoms with Crippen molar-refractivity contribution in [3.8, 4) is 0 Å². The highest BCUT2D eigenvalue weighted by atomic mass is 32.1. The van der Waals surface area contributed by atoms with E-state index >= 15 is 0 Å². The fourth-order valence-electron chi connectivity index (χ4n) is 2.89. The molecule has 2 atom stereocenters. The highest BCUT2D eigenvalue weighted by Crippen LogP contribution is 2.38. The number of nitrogens with zero attached hydrogens (tertiary/aromatic N) is 2. The molecule has 0 bridgehead atoms. The standard InChI is InChI=1S/C21H40N2O4SSi/c1-13(2)16(23(8)20(25)26)11-17(24)19-22-15(18(28-19)14(3)4)12-27-29(9,10)21(5,6)7/h13-14,16-17,24H,11-12H2,1-10H3,(H,25,26)/t16-,17-/m1/s1. The summed E-state index contributed by atoms with van der Waals surface area (Å²) in [4.78, 5) is 18.5. The largest absolute Gasteiger partial charge is 0.465 e. The lowest BCUT2D eigenvalue weighted by Crippen LogP contribution is -2.40. The van der Waals surface area contributed by atoms with Gasteiger partial charge in [-0.2, -0.15) is 0 Å². The summed E-state index contributed by atoms with van der Waals surface area (Å²) in [6.07, 6.45) is -1.46. The minimum atomic E-state index is -1.90. The number of rotatable bonds is 9. The Morgan fingerprint density at radius 1 is 1.24 bits per heavy atom. The van der Waals surface area contributed by atoms with Crippen molar-refractivity contribution in [2.24, 2.45) is 5.92 Å². The Morgan fingerprint density at radius 2 is 1.79 bits per heavy atom. The van der Waals surface area contributed by atoms with Crippen molar-refractivity contribution in [2.45, 2.75) is 97.7 Å². The molecule has 0 aromatic carbocycles. The Hall–Kier alpha value is -0.963. The van der Waals surface area contributed by atoms with E-state index in [1.807, 2.05) is 13.8 Å². The van der Waals surface area contributed by atoms with Crippen LogP contribution in [0.4, 0.5) is 4.79 Å². The van der Waals surface area contributed by atoms with Crippen LogP contribution in [0.1, 0.15) is 82.5 Å². The van der Waals surface area contributed by atoms with Crippen LogP contribution >= 0.6 is 11.3 Å². The average molecular weight is 445 g/mol. The van der Waals surface area contributed by atoms with Gasteiger partial charge in [0.15, 0.2) is 8.32 Å². The second-order valence-electron chi connectivity index (χ2n) is 10.0. The topological polar surface area (TPSA) is 82.9 Å². The number of hydrogen-bond donors (Lipinski definition) is 2. The van der Waals surface area contributed by atoms with Crippen molar-refractivity contribution < 1.29 is 19.4 Å². The highest BCUT2D eigenvalue weighted by molar-refractivity contribution is 7.11. The zero-order valence-electron chi connectivity index (χ0n) is 19.7. The third-order valence-corrected chi connectivity index (χ3v) is 11.9. The molecule has 0 radical (unpaired) electrons. The Balaban J connectivity index is 3.06. The van der Waals surface area contributed by atoms with Gasteiger partial charge >= 0.3 is 6.09 Å². The quantitative estimate of drug-likeness (QED) is 0.467. The number of hydrogen-bond acceptors (Lipinski definition) is 5. The van der Waals surface area contributed by atoms with E-state index < -0.39 is 20.5 Å². The van der Waals surface area contributed by atoms with Crippen LogP contribution in [0.2, 0.25) is 18.1 Å². The Labute approximate surface area is 181 Å². The number of aromatic nitrogens is 1. The summed E-state index contributed by atoms with van der Waals surface area (Å²) in [6, 6.07) is -0.277. The smallest absolute Gasteiger partial charge is 0.407 e. The van der Waals surface area contributed by atoms with Crippen LogP contribution in [-0.2, 0) is 11.0 Å². The Bertz CT molecular complexity index is 683. The summed E-state index contributed by atoms with van der Waals surface area (Å²) in [5, 5.41) is 20.9. The number of aliphatic hydroxyl groups is 1. The molecule has 2 N–H and O–H groups in total. The summed E-state index contributed by atoms with van der Waals surface area (Å²) < 4.78 is 6.37. The van der Waals surface area contributed by atoms with Crippen LogP contribution in [0.5, 0.6) is 0 Å². The molecule has 0 aliphatic heterocycles. The minimum Gasteiger partial charge on any atom is -0.465 e. The van der Waals surface area contributed by atoms with Gasteiger partial charge < -0.3 is 19.5 Å². The molecule has 0 spiro atoms. The summed E-state index contributed by atoms with van der Waals surface area (Å²) >= 11 is 1.52. The average Bonchev–Trinajstić information content (AvgIpc) is 3.00. The molecule has 0 fully saturated rings. The fourth-order valence-corrected chi connectivity index (χ4v) is 4.90. The normalized spacial score (nSPS) is 15.1. The summed E-state index contributed by atoms with van der Waals surface area (Å²) in [7, 11) is -0.347. The number of amides is 1. The van der Waals surface area contributed by atoms with E-state index in [-0.39, 0.29) is 22.9 Å². The number of carboxylic acid groups (broad SMARTS) is 1. The van der Waals surface area contributed by atoms with Crippen molar-refractivity contribution in [2.75, 3.05) is 7.05 Å². The first-order valence-corrected chi connectivity index (χ1v) is 14.1. The van der Waals surface area contributed by atoms with Gasteiger partial charge in [0.2, 0.25) is 0 Å². The number of thiazole rings is 1. The predicted octanol–water partition coefficient (Wildman–Crippen LogP) is 5.85. The third-order valence-electron chi connectivity index (χ3n) is 5.96. The van der Waals surface area contributed by atoms with Gasteiger partial charge in [-0.05, 0) is 30.0 Å². The van der Waals surface area contributed by atoms with Gasteiger partial charge in [0.05, 0.1) is 12.3 Å². The molecule has 1 aromatic heterocycles. The molecule has 6 nitrogen and oxygen atoms in total. The molecule has 1 heterocycles. The molecule has 29 heavy (non-hydrogen) atoms. The van der Waals surface area contributed by atoms with Gasteiger partial charge in [-0.15, -0.1) is 11.3 Å². The van der Waals surface area contributed by atoms with E-state index in [4.69, 9.17) is 9.41 Å². The summed E-state index contributed by atoms with van der Waals surface area (Å²) in [5.41, 5.74) is 0.900. The molecule has 168 valence electrons. The van der Waals surface area contributed by atoms with Crippen molar-refractivity contribution in [1.82, 2.24) is 9.88 Å².